The average Bonchev–Trinajstić information content (AvgIpc) is 2.58. The van der Waals surface area contributed by atoms with Gasteiger partial charge in [-0.05, 0) is 44.7 Å². The largest absolute Gasteiger partial charge is 0.367 e. The molecule has 1 N–H and O–H groups in total. The van der Waals surface area contributed by atoms with E-state index in [1.54, 1.807) is 23.0 Å². The van der Waals surface area contributed by atoms with E-state index in [2.05, 4.69) is 20.4 Å². The highest BCUT2D eigenvalue weighted by Crippen LogP contribution is 2.28. The Labute approximate surface area is 141 Å². The van der Waals surface area contributed by atoms with Crippen LogP contribution >= 0.6 is 0 Å². The molecule has 0 unspecified atom stereocenters. The van der Waals surface area contributed by atoms with Crippen LogP contribution in [0.4, 0.5) is 11.8 Å². The zero-order valence-electron chi connectivity index (χ0n) is 14.4. The van der Waals surface area contributed by atoms with Crippen LogP contribution in [-0.2, 0) is 0 Å². The minimum absolute atomic E-state index is 0.0107. The molecule has 2 heterocycles. The molecule has 0 aromatic carbocycles. The fourth-order valence-corrected chi connectivity index (χ4v) is 3.10. The van der Waals surface area contributed by atoms with Crippen LogP contribution in [0.1, 0.15) is 37.4 Å². The first-order valence-electron chi connectivity index (χ1n) is 8.36. The van der Waals surface area contributed by atoms with Crippen LogP contribution in [0, 0.1) is 6.92 Å². The first-order chi connectivity index (χ1) is 11.5. The Kier molecular flexibility index (Phi) is 4.78. The number of rotatable bonds is 4. The van der Waals surface area contributed by atoms with E-state index in [0.717, 1.165) is 37.2 Å². The molecule has 0 saturated heterocycles. The van der Waals surface area contributed by atoms with Crippen molar-refractivity contribution in [3.05, 3.63) is 40.4 Å². The molecule has 0 bridgehead atoms. The van der Waals surface area contributed by atoms with E-state index >= 15 is 0 Å². The summed E-state index contributed by atoms with van der Waals surface area (Å²) in [6.07, 6.45) is 5.65. The molecule has 1 saturated carbocycles. The fourth-order valence-electron chi connectivity index (χ4n) is 3.10. The Bertz CT molecular complexity index is 749. The van der Waals surface area contributed by atoms with Crippen molar-refractivity contribution in [2.24, 2.45) is 0 Å². The highest BCUT2D eigenvalue weighted by atomic mass is 16.1. The molecule has 2 aromatic rings. The molecule has 3 rings (SSSR count). The first kappa shape index (κ1) is 16.4. The van der Waals surface area contributed by atoms with Crippen molar-refractivity contribution in [3.8, 4) is 0 Å². The zero-order chi connectivity index (χ0) is 17.1. The van der Waals surface area contributed by atoms with Gasteiger partial charge >= 0.3 is 0 Å². The summed E-state index contributed by atoms with van der Waals surface area (Å²) in [7, 11) is 3.85. The molecule has 128 valence electrons. The number of nitrogens with one attached hydrogen (secondary N) is 1. The Hall–Kier alpha value is -2.44. The van der Waals surface area contributed by atoms with Crippen molar-refractivity contribution in [3.63, 3.8) is 0 Å². The number of anilines is 2. The van der Waals surface area contributed by atoms with E-state index < -0.39 is 0 Å². The van der Waals surface area contributed by atoms with E-state index in [4.69, 9.17) is 0 Å². The van der Waals surface area contributed by atoms with E-state index in [-0.39, 0.29) is 11.6 Å². The van der Waals surface area contributed by atoms with E-state index in [0.29, 0.717) is 12.0 Å². The molecule has 0 amide bonds. The van der Waals surface area contributed by atoms with Crippen molar-refractivity contribution in [2.75, 3.05) is 24.3 Å². The second kappa shape index (κ2) is 6.98. The maximum atomic E-state index is 12.0. The third kappa shape index (κ3) is 3.72. The van der Waals surface area contributed by atoms with Crippen molar-refractivity contribution >= 4 is 11.8 Å². The Morgan fingerprint density at radius 2 is 1.92 bits per heavy atom. The highest BCUT2D eigenvalue weighted by Gasteiger charge is 2.24. The molecule has 0 atom stereocenters. The van der Waals surface area contributed by atoms with E-state index in [1.165, 1.54) is 0 Å². The number of hydrogen-bond donors (Lipinski definition) is 1. The predicted octanol–water partition coefficient (Wildman–Crippen LogP) is 2.00. The lowest BCUT2D eigenvalue weighted by Crippen LogP contribution is -2.33. The first-order valence-corrected chi connectivity index (χ1v) is 8.36. The predicted molar refractivity (Wildman–Crippen MR) is 94.5 cm³/mol. The van der Waals surface area contributed by atoms with Gasteiger partial charge in [-0.3, -0.25) is 4.79 Å². The lowest BCUT2D eigenvalue weighted by atomic mass is 9.91. The quantitative estimate of drug-likeness (QED) is 0.925. The fraction of sp³-hybridized carbons (Fsp3) is 0.529. The zero-order valence-corrected chi connectivity index (χ0v) is 14.4. The van der Waals surface area contributed by atoms with Gasteiger partial charge in [0.15, 0.2) is 0 Å². The smallest absolute Gasteiger partial charge is 0.267 e. The second-order valence-electron chi connectivity index (χ2n) is 6.54. The molecule has 24 heavy (non-hydrogen) atoms. The normalized spacial score (nSPS) is 20.6. The molecule has 7 heteroatoms. The van der Waals surface area contributed by atoms with E-state index in [9.17, 15) is 4.79 Å². The van der Waals surface area contributed by atoms with Crippen molar-refractivity contribution in [1.82, 2.24) is 19.7 Å². The minimum Gasteiger partial charge on any atom is -0.367 e. The molecule has 0 spiro atoms. The summed E-state index contributed by atoms with van der Waals surface area (Å²) in [6, 6.07) is 5.83. The van der Waals surface area contributed by atoms with Crippen LogP contribution in [0.25, 0.3) is 0 Å². The molecule has 7 nitrogen and oxygen atoms in total. The van der Waals surface area contributed by atoms with Gasteiger partial charge in [0.1, 0.15) is 5.82 Å². The summed E-state index contributed by atoms with van der Waals surface area (Å²) in [5.74, 6) is 1.55. The van der Waals surface area contributed by atoms with Gasteiger partial charge in [-0.15, -0.1) is 0 Å². The molecule has 2 aromatic heterocycles. The topological polar surface area (TPSA) is 75.9 Å². The lowest BCUT2D eigenvalue weighted by Gasteiger charge is -2.30. The van der Waals surface area contributed by atoms with Crippen LogP contribution in [0.2, 0.25) is 0 Å². The monoisotopic (exact) mass is 328 g/mol. The second-order valence-corrected chi connectivity index (χ2v) is 6.54. The van der Waals surface area contributed by atoms with E-state index in [1.807, 2.05) is 32.0 Å². The third-order valence-corrected chi connectivity index (χ3v) is 4.40. The minimum atomic E-state index is -0.0107. The van der Waals surface area contributed by atoms with Crippen molar-refractivity contribution in [2.45, 2.75) is 44.7 Å². The third-order valence-electron chi connectivity index (χ3n) is 4.40. The number of aryl methyl sites for hydroxylation is 1. The van der Waals surface area contributed by atoms with Crippen molar-refractivity contribution < 1.29 is 0 Å². The maximum absolute atomic E-state index is 12.0. The van der Waals surface area contributed by atoms with Crippen molar-refractivity contribution in [1.29, 1.82) is 0 Å². The van der Waals surface area contributed by atoms with Crippen LogP contribution in [0.5, 0.6) is 0 Å². The standard InChI is InChI=1S/C17H24N6O/c1-12-4-9-16(24)23(21-12)14-7-5-13(6-8-14)19-15-10-11-18-17(20-15)22(2)3/h4,9-11,13-14H,5-8H2,1-3H3,(H,18,19,20). The van der Waals surface area contributed by atoms with Gasteiger partial charge in [-0.25, -0.2) is 9.67 Å². The summed E-state index contributed by atoms with van der Waals surface area (Å²) >= 11 is 0. The highest BCUT2D eigenvalue weighted by molar-refractivity contribution is 5.41. The van der Waals surface area contributed by atoms with Crippen LogP contribution < -0.4 is 15.8 Å². The van der Waals surface area contributed by atoms with Crippen LogP contribution in [0.15, 0.2) is 29.2 Å². The molecule has 1 aliphatic rings. The SMILES string of the molecule is Cc1ccc(=O)n(C2CCC(Nc3ccnc(N(C)C)n3)CC2)n1. The summed E-state index contributed by atoms with van der Waals surface area (Å²) in [5.41, 5.74) is 0.871. The molecule has 1 aliphatic carbocycles. The van der Waals surface area contributed by atoms with Crippen LogP contribution in [0.3, 0.4) is 0 Å². The number of aromatic nitrogens is 4. The summed E-state index contributed by atoms with van der Waals surface area (Å²) < 4.78 is 1.65. The van der Waals surface area contributed by atoms with Gasteiger partial charge < -0.3 is 10.2 Å². The van der Waals surface area contributed by atoms with Gasteiger partial charge in [-0.1, -0.05) is 0 Å². The molecular formula is C17H24N6O. The Balaban J connectivity index is 1.62. The maximum Gasteiger partial charge on any atom is 0.267 e. The molecular weight excluding hydrogens is 304 g/mol. The van der Waals surface area contributed by atoms with Crippen LogP contribution in [-0.4, -0.2) is 39.9 Å². The van der Waals surface area contributed by atoms with Gasteiger partial charge in [-0.2, -0.15) is 10.1 Å². The van der Waals surface area contributed by atoms with Gasteiger partial charge in [0, 0.05) is 32.4 Å². The summed E-state index contributed by atoms with van der Waals surface area (Å²) in [6.45, 7) is 1.92. The van der Waals surface area contributed by atoms with Gasteiger partial charge in [0.25, 0.3) is 5.56 Å². The molecule has 1 fully saturated rings. The Morgan fingerprint density at radius 3 is 2.62 bits per heavy atom. The van der Waals surface area contributed by atoms with Gasteiger partial charge in [0.2, 0.25) is 5.95 Å². The molecule has 0 aliphatic heterocycles. The van der Waals surface area contributed by atoms with Gasteiger partial charge in [0.05, 0.1) is 11.7 Å². The summed E-state index contributed by atoms with van der Waals surface area (Å²) in [4.78, 5) is 22.6. The lowest BCUT2D eigenvalue weighted by molar-refractivity contribution is 0.302. The average molecular weight is 328 g/mol. The Morgan fingerprint density at radius 1 is 1.17 bits per heavy atom. The number of nitrogens with zero attached hydrogens (tertiary/aromatic N) is 5. The summed E-state index contributed by atoms with van der Waals surface area (Å²) in [5, 5.41) is 7.88. The molecule has 0 radical (unpaired) electrons. The number of hydrogen-bond acceptors (Lipinski definition) is 6.